The second-order valence-electron chi connectivity index (χ2n) is 5.38. The Morgan fingerprint density at radius 2 is 2.05 bits per heavy atom. The Bertz CT molecular complexity index is 525. The number of hydrogen-bond acceptors (Lipinski definition) is 3. The maximum Gasteiger partial charge on any atom is 0.155 e. The molecular weight excluding hydrogens is 304 g/mol. The van der Waals surface area contributed by atoms with Crippen LogP contribution in [0.2, 0.25) is 0 Å². The quantitative estimate of drug-likeness (QED) is 0.794. The molecule has 4 nitrogen and oxygen atoms in total. The molecule has 1 atom stereocenters. The number of rotatable bonds is 4. The molecule has 19 heavy (non-hydrogen) atoms. The molecule has 0 aromatic carbocycles. The summed E-state index contributed by atoms with van der Waals surface area (Å²) in [6, 6.07) is 3.73. The highest BCUT2D eigenvalue weighted by Crippen LogP contribution is 2.31. The van der Waals surface area contributed by atoms with Crippen molar-refractivity contribution in [2.75, 3.05) is 0 Å². The normalized spacial score (nSPS) is 12.8. The zero-order chi connectivity index (χ0) is 14.6. The van der Waals surface area contributed by atoms with Gasteiger partial charge in [-0.1, -0.05) is 26.8 Å². The molecule has 0 aliphatic carbocycles. The van der Waals surface area contributed by atoms with E-state index in [1.54, 1.807) is 10.8 Å². The second-order valence-corrected chi connectivity index (χ2v) is 6.24. The molecule has 1 unspecified atom stereocenters. The van der Waals surface area contributed by atoms with E-state index in [0.29, 0.717) is 6.42 Å². The molecule has 0 aliphatic rings. The lowest BCUT2D eigenvalue weighted by Crippen LogP contribution is -2.19. The van der Waals surface area contributed by atoms with Gasteiger partial charge < -0.3 is 0 Å². The van der Waals surface area contributed by atoms with Crippen LogP contribution in [-0.4, -0.2) is 9.78 Å². The highest BCUT2D eigenvalue weighted by atomic mass is 79.9. The van der Waals surface area contributed by atoms with E-state index >= 15 is 0 Å². The van der Waals surface area contributed by atoms with Gasteiger partial charge in [0.1, 0.15) is 0 Å². The molecule has 5 heteroatoms. The van der Waals surface area contributed by atoms with Crippen LogP contribution in [0.25, 0.3) is 0 Å². The van der Waals surface area contributed by atoms with Gasteiger partial charge in [-0.05, 0) is 22.4 Å². The molecule has 0 amide bonds. The molecule has 0 fully saturated rings. The highest BCUT2D eigenvalue weighted by Gasteiger charge is 2.27. The Morgan fingerprint density at radius 3 is 2.42 bits per heavy atom. The fourth-order valence-corrected chi connectivity index (χ4v) is 2.70. The van der Waals surface area contributed by atoms with Crippen LogP contribution in [-0.2, 0) is 5.41 Å². The molecule has 1 aromatic heterocycles. The monoisotopic (exact) mass is 320 g/mol. The third-order valence-corrected chi connectivity index (χ3v) is 3.39. The van der Waals surface area contributed by atoms with Crippen molar-refractivity contribution in [2.24, 2.45) is 5.92 Å². The van der Waals surface area contributed by atoms with Crippen molar-refractivity contribution in [3.05, 3.63) is 29.0 Å². The average molecular weight is 321 g/mol. The first-order valence-electron chi connectivity index (χ1n) is 6.00. The number of hydrogen-bond donors (Lipinski definition) is 0. The van der Waals surface area contributed by atoms with Crippen molar-refractivity contribution in [2.45, 2.75) is 38.6 Å². The van der Waals surface area contributed by atoms with E-state index in [9.17, 15) is 0 Å². The van der Waals surface area contributed by atoms with Crippen LogP contribution in [0.4, 0.5) is 0 Å². The van der Waals surface area contributed by atoms with Crippen molar-refractivity contribution < 1.29 is 0 Å². The maximum absolute atomic E-state index is 9.06. The van der Waals surface area contributed by atoms with Gasteiger partial charge >= 0.3 is 0 Å². The van der Waals surface area contributed by atoms with Crippen LogP contribution in [0.15, 0.2) is 23.3 Å². The van der Waals surface area contributed by atoms with Gasteiger partial charge in [-0.25, -0.2) is 0 Å². The lowest BCUT2D eigenvalue weighted by atomic mass is 9.93. The van der Waals surface area contributed by atoms with Crippen LogP contribution in [0, 0.1) is 28.6 Å². The number of allylic oxidation sites excluding steroid dienone is 1. The minimum atomic E-state index is -0.738. The maximum atomic E-state index is 9.06. The molecule has 0 radical (unpaired) electrons. The third kappa shape index (κ3) is 3.45. The SMILES string of the molecule is C=CCC(C(C#N)C#N)n1cc(Br)c(C(C)(C)C)n1. The Kier molecular flexibility index (Phi) is 4.91. The van der Waals surface area contributed by atoms with E-state index < -0.39 is 5.92 Å². The molecule has 1 rings (SSSR count). The lowest BCUT2D eigenvalue weighted by molar-refractivity contribution is 0.403. The smallest absolute Gasteiger partial charge is 0.155 e. The van der Waals surface area contributed by atoms with Gasteiger partial charge in [0.2, 0.25) is 0 Å². The third-order valence-electron chi connectivity index (χ3n) is 2.81. The van der Waals surface area contributed by atoms with E-state index in [4.69, 9.17) is 10.5 Å². The number of aromatic nitrogens is 2. The van der Waals surface area contributed by atoms with Gasteiger partial charge in [-0.3, -0.25) is 4.68 Å². The van der Waals surface area contributed by atoms with Crippen LogP contribution in [0.3, 0.4) is 0 Å². The largest absolute Gasteiger partial charge is 0.266 e. The predicted octanol–water partition coefficient (Wildman–Crippen LogP) is 3.72. The Hall–Kier alpha value is -1.59. The molecule has 0 aliphatic heterocycles. The van der Waals surface area contributed by atoms with Gasteiger partial charge in [0.15, 0.2) is 5.92 Å². The van der Waals surface area contributed by atoms with Gasteiger partial charge in [-0.2, -0.15) is 15.6 Å². The van der Waals surface area contributed by atoms with Crippen LogP contribution in [0.1, 0.15) is 38.9 Å². The standard InChI is InChI=1S/C14H17BrN4/c1-5-6-12(10(7-16)8-17)19-9-11(15)13(18-19)14(2,3)4/h5,9-10,12H,1,6H2,2-4H3. The summed E-state index contributed by atoms with van der Waals surface area (Å²) >= 11 is 3.49. The van der Waals surface area contributed by atoms with E-state index in [0.717, 1.165) is 10.2 Å². The predicted molar refractivity (Wildman–Crippen MR) is 77.2 cm³/mol. The van der Waals surface area contributed by atoms with E-state index in [1.165, 1.54) is 0 Å². The van der Waals surface area contributed by atoms with Crippen molar-refractivity contribution in [3.8, 4) is 12.1 Å². The molecule has 0 N–H and O–H groups in total. The number of nitrogens with zero attached hydrogens (tertiary/aromatic N) is 4. The highest BCUT2D eigenvalue weighted by molar-refractivity contribution is 9.10. The minimum Gasteiger partial charge on any atom is -0.266 e. The summed E-state index contributed by atoms with van der Waals surface area (Å²) in [6.07, 6.45) is 4.07. The first-order valence-corrected chi connectivity index (χ1v) is 6.79. The second kappa shape index (κ2) is 6.04. The summed E-state index contributed by atoms with van der Waals surface area (Å²) in [7, 11) is 0. The van der Waals surface area contributed by atoms with Gasteiger partial charge in [0.05, 0.1) is 28.3 Å². The average Bonchev–Trinajstić information content (AvgIpc) is 2.71. The molecule has 100 valence electrons. The van der Waals surface area contributed by atoms with Crippen LogP contribution >= 0.6 is 15.9 Å². The first-order chi connectivity index (χ1) is 8.85. The Labute approximate surface area is 122 Å². The van der Waals surface area contributed by atoms with Crippen molar-refractivity contribution >= 4 is 15.9 Å². The van der Waals surface area contributed by atoms with Crippen LogP contribution in [0.5, 0.6) is 0 Å². The fourth-order valence-electron chi connectivity index (χ4n) is 1.82. The van der Waals surface area contributed by atoms with Crippen LogP contribution < -0.4 is 0 Å². The summed E-state index contributed by atoms with van der Waals surface area (Å²) in [6.45, 7) is 9.89. The number of nitriles is 2. The molecule has 0 spiro atoms. The zero-order valence-corrected chi connectivity index (χ0v) is 13.0. The summed E-state index contributed by atoms with van der Waals surface area (Å²) < 4.78 is 2.59. The fraction of sp³-hybridized carbons (Fsp3) is 0.500. The van der Waals surface area contributed by atoms with Crippen molar-refractivity contribution in [1.29, 1.82) is 10.5 Å². The lowest BCUT2D eigenvalue weighted by Gasteiger charge is -2.18. The molecule has 0 saturated carbocycles. The summed E-state index contributed by atoms with van der Waals surface area (Å²) in [5.74, 6) is -0.738. The van der Waals surface area contributed by atoms with Gasteiger partial charge in [0.25, 0.3) is 0 Å². The topological polar surface area (TPSA) is 65.4 Å². The molecule has 0 saturated heterocycles. The Morgan fingerprint density at radius 1 is 1.47 bits per heavy atom. The van der Waals surface area contributed by atoms with Gasteiger partial charge in [0, 0.05) is 11.6 Å². The molecule has 1 aromatic rings. The van der Waals surface area contributed by atoms with Crippen molar-refractivity contribution in [3.63, 3.8) is 0 Å². The molecular formula is C14H17BrN4. The summed E-state index contributed by atoms with van der Waals surface area (Å²) in [5.41, 5.74) is 0.814. The molecule has 0 bridgehead atoms. The van der Waals surface area contributed by atoms with E-state index in [1.807, 2.05) is 18.3 Å². The van der Waals surface area contributed by atoms with Crippen molar-refractivity contribution in [1.82, 2.24) is 9.78 Å². The van der Waals surface area contributed by atoms with E-state index in [-0.39, 0.29) is 11.5 Å². The zero-order valence-electron chi connectivity index (χ0n) is 11.4. The van der Waals surface area contributed by atoms with Gasteiger partial charge in [-0.15, -0.1) is 6.58 Å². The number of halogens is 1. The van der Waals surface area contributed by atoms with E-state index in [2.05, 4.69) is 48.4 Å². The first kappa shape index (κ1) is 15.5. The summed E-state index contributed by atoms with van der Waals surface area (Å²) in [4.78, 5) is 0. The Balaban J connectivity index is 3.23. The summed E-state index contributed by atoms with van der Waals surface area (Å²) in [5, 5.41) is 22.7. The minimum absolute atomic E-state index is 0.0996. The molecule has 1 heterocycles.